The lowest BCUT2D eigenvalue weighted by molar-refractivity contribution is 0.290. The molecule has 1 nitrogen and oxygen atoms in total. The second kappa shape index (κ2) is 15.2. The summed E-state index contributed by atoms with van der Waals surface area (Å²) in [5.74, 6) is 0. The lowest BCUT2D eigenvalue weighted by Crippen LogP contribution is -2.04. The van der Waals surface area contributed by atoms with Gasteiger partial charge in [0.15, 0.2) is 9.76 Å². The molecular weight excluding hydrogens is 243 g/mol. The molecule has 0 saturated heterocycles. The van der Waals surface area contributed by atoms with Gasteiger partial charge >= 0.3 is 0 Å². The molecule has 0 fully saturated rings. The van der Waals surface area contributed by atoms with Crippen molar-refractivity contribution < 1.29 is 8.82 Å². The highest BCUT2D eigenvalue weighted by atomic mass is 28.2. The molecule has 0 bridgehead atoms. The summed E-state index contributed by atoms with van der Waals surface area (Å²) in [5.41, 5.74) is 0. The van der Waals surface area contributed by atoms with E-state index in [1.54, 1.807) is 0 Å². The Morgan fingerprint density at radius 2 is 1.50 bits per heavy atom. The van der Waals surface area contributed by atoms with Crippen molar-refractivity contribution in [1.82, 2.24) is 0 Å². The van der Waals surface area contributed by atoms with Crippen LogP contribution in [0, 0.1) is 0 Å². The van der Waals surface area contributed by atoms with Crippen LogP contribution < -0.4 is 0 Å². The Balaban J connectivity index is 3.08. The minimum atomic E-state index is -0.571. The minimum Gasteiger partial charge on any atom is -0.424 e. The topological polar surface area (TPSA) is 9.23 Å². The monoisotopic (exact) mass is 276 g/mol. The predicted molar refractivity (Wildman–Crippen MR) is 81.7 cm³/mol. The highest BCUT2D eigenvalue weighted by Crippen LogP contribution is 2.14. The van der Waals surface area contributed by atoms with Crippen molar-refractivity contribution in [1.29, 1.82) is 0 Å². The van der Waals surface area contributed by atoms with Gasteiger partial charge in [0.25, 0.3) is 0 Å². The predicted octanol–water partition coefficient (Wildman–Crippen LogP) is 4.78. The third-order valence-corrected chi connectivity index (χ3v) is 4.77. The number of hydrogen-bond donors (Lipinski definition) is 0. The average Bonchev–Trinajstić information content (AvgIpc) is 2.38. The highest BCUT2D eigenvalue weighted by Gasteiger charge is 2.05. The maximum absolute atomic E-state index is 13.5. The number of unbranched alkanes of at least 4 members (excludes halogenated alkanes) is 7. The molecule has 0 N–H and O–H groups in total. The molecule has 110 valence electrons. The summed E-state index contributed by atoms with van der Waals surface area (Å²) in [6.45, 7) is 5.07. The van der Waals surface area contributed by atoms with E-state index in [1.165, 1.54) is 44.9 Å². The molecule has 0 aromatic heterocycles. The van der Waals surface area contributed by atoms with Crippen LogP contribution in [0.5, 0.6) is 0 Å². The van der Waals surface area contributed by atoms with Crippen molar-refractivity contribution in [2.24, 2.45) is 0 Å². The van der Waals surface area contributed by atoms with Gasteiger partial charge in [-0.3, -0.25) is 0 Å². The quantitative estimate of drug-likeness (QED) is 0.327. The van der Waals surface area contributed by atoms with Crippen LogP contribution in [0.25, 0.3) is 0 Å². The van der Waals surface area contributed by atoms with Gasteiger partial charge in [0.1, 0.15) is 0 Å². The van der Waals surface area contributed by atoms with Gasteiger partial charge < -0.3 is 4.43 Å². The maximum Gasteiger partial charge on any atom is 0.161 e. The van der Waals surface area contributed by atoms with E-state index in [4.69, 9.17) is 4.43 Å². The van der Waals surface area contributed by atoms with E-state index in [1.807, 2.05) is 6.92 Å². The standard InChI is InChI=1S/C15H33FOSi/c1-3-5-6-7-8-9-10-11-12-15(16)13-14-18-17-4-2/h15H,3-14,18H2,1-2H3. The summed E-state index contributed by atoms with van der Waals surface area (Å²) < 4.78 is 18.8. The van der Waals surface area contributed by atoms with Crippen LogP contribution in [0.3, 0.4) is 0 Å². The molecule has 0 aliphatic carbocycles. The molecule has 0 amide bonds. The Morgan fingerprint density at radius 3 is 2.11 bits per heavy atom. The molecule has 18 heavy (non-hydrogen) atoms. The lowest BCUT2D eigenvalue weighted by atomic mass is 10.1. The van der Waals surface area contributed by atoms with Crippen molar-refractivity contribution in [2.75, 3.05) is 6.61 Å². The van der Waals surface area contributed by atoms with E-state index >= 15 is 0 Å². The second-order valence-corrected chi connectivity index (χ2v) is 6.72. The average molecular weight is 277 g/mol. The van der Waals surface area contributed by atoms with Crippen LogP contribution in [0.15, 0.2) is 0 Å². The van der Waals surface area contributed by atoms with Crippen molar-refractivity contribution in [3.05, 3.63) is 0 Å². The largest absolute Gasteiger partial charge is 0.424 e. The Hall–Kier alpha value is 0.107. The van der Waals surface area contributed by atoms with Gasteiger partial charge in [0.2, 0.25) is 0 Å². The highest BCUT2D eigenvalue weighted by molar-refractivity contribution is 6.26. The van der Waals surface area contributed by atoms with Gasteiger partial charge in [-0.1, -0.05) is 58.3 Å². The smallest absolute Gasteiger partial charge is 0.161 e. The minimum absolute atomic E-state index is 0.416. The molecule has 0 rings (SSSR count). The molecule has 0 aromatic carbocycles. The molecular formula is C15H33FOSi. The number of halogens is 1. The van der Waals surface area contributed by atoms with Crippen LogP contribution in [0.4, 0.5) is 4.39 Å². The Kier molecular flexibility index (Phi) is 15.3. The van der Waals surface area contributed by atoms with Gasteiger partial charge in [-0.15, -0.1) is 0 Å². The zero-order valence-electron chi connectivity index (χ0n) is 12.6. The van der Waals surface area contributed by atoms with Crippen LogP contribution in [0.2, 0.25) is 6.04 Å². The summed E-state index contributed by atoms with van der Waals surface area (Å²) in [4.78, 5) is 0. The van der Waals surface area contributed by atoms with E-state index in [2.05, 4.69) is 6.92 Å². The Labute approximate surface area is 116 Å². The molecule has 1 unspecified atom stereocenters. The maximum atomic E-state index is 13.5. The molecule has 0 radical (unpaired) electrons. The number of alkyl halides is 1. The summed E-state index contributed by atoms with van der Waals surface area (Å²) >= 11 is 0. The molecule has 0 aliphatic heterocycles. The first-order valence-corrected chi connectivity index (χ1v) is 9.60. The second-order valence-electron chi connectivity index (χ2n) is 5.20. The number of rotatable bonds is 14. The van der Waals surface area contributed by atoms with Gasteiger partial charge in [-0.25, -0.2) is 4.39 Å². The first kappa shape index (κ1) is 18.1. The van der Waals surface area contributed by atoms with Crippen LogP contribution in [-0.4, -0.2) is 22.5 Å². The third-order valence-electron chi connectivity index (χ3n) is 3.38. The van der Waals surface area contributed by atoms with Crippen molar-refractivity contribution in [2.45, 2.75) is 90.3 Å². The fourth-order valence-electron chi connectivity index (χ4n) is 2.20. The normalized spacial score (nSPS) is 13.5. The zero-order valence-corrected chi connectivity index (χ0v) is 14.0. The van der Waals surface area contributed by atoms with E-state index in [-0.39, 0.29) is 0 Å². The summed E-state index contributed by atoms with van der Waals surface area (Å²) in [6, 6.07) is 1.01. The van der Waals surface area contributed by atoms with E-state index in [0.29, 0.717) is 0 Å². The molecule has 0 aliphatic rings. The first-order chi connectivity index (χ1) is 8.81. The van der Waals surface area contributed by atoms with Gasteiger partial charge in [-0.05, 0) is 25.8 Å². The summed E-state index contributed by atoms with van der Waals surface area (Å²) in [7, 11) is -0.416. The molecule has 0 aromatic rings. The molecule has 0 saturated carbocycles. The Bertz CT molecular complexity index is 155. The number of hydrogen-bond acceptors (Lipinski definition) is 1. The summed E-state index contributed by atoms with van der Waals surface area (Å²) in [5, 5.41) is 0. The SMILES string of the molecule is CCCCCCCCCCC(F)CC[SiH2]OCC. The van der Waals surface area contributed by atoms with Crippen LogP contribution in [0.1, 0.15) is 78.1 Å². The first-order valence-electron chi connectivity index (χ1n) is 8.03. The van der Waals surface area contributed by atoms with Gasteiger partial charge in [0, 0.05) is 6.61 Å². The fourth-order valence-corrected chi connectivity index (χ4v) is 3.30. The van der Waals surface area contributed by atoms with Crippen molar-refractivity contribution in [3.8, 4) is 0 Å². The molecule has 0 heterocycles. The molecule has 1 atom stereocenters. The van der Waals surface area contributed by atoms with E-state index in [9.17, 15) is 4.39 Å². The molecule has 3 heteroatoms. The summed E-state index contributed by atoms with van der Waals surface area (Å²) in [6.07, 6.45) is 11.3. The van der Waals surface area contributed by atoms with Gasteiger partial charge in [-0.2, -0.15) is 0 Å². The van der Waals surface area contributed by atoms with Crippen molar-refractivity contribution in [3.63, 3.8) is 0 Å². The zero-order chi connectivity index (χ0) is 13.5. The van der Waals surface area contributed by atoms with Gasteiger partial charge in [0.05, 0.1) is 6.17 Å². The van der Waals surface area contributed by atoms with E-state index < -0.39 is 15.9 Å². The van der Waals surface area contributed by atoms with Crippen LogP contribution >= 0.6 is 0 Å². The third kappa shape index (κ3) is 14.2. The molecule has 0 spiro atoms. The Morgan fingerprint density at radius 1 is 0.889 bits per heavy atom. The van der Waals surface area contributed by atoms with E-state index in [0.717, 1.165) is 31.9 Å². The van der Waals surface area contributed by atoms with Crippen molar-refractivity contribution >= 4 is 9.76 Å². The lowest BCUT2D eigenvalue weighted by Gasteiger charge is -2.07. The van der Waals surface area contributed by atoms with Crippen LogP contribution in [-0.2, 0) is 4.43 Å². The fraction of sp³-hybridized carbons (Fsp3) is 1.00.